The van der Waals surface area contributed by atoms with Gasteiger partial charge in [-0.05, 0) is 45.1 Å². The molecule has 2 N–H and O–H groups in total. The summed E-state index contributed by atoms with van der Waals surface area (Å²) in [6.45, 7) is 2.29. The van der Waals surface area contributed by atoms with E-state index in [1.165, 1.54) is 12.8 Å². The molecule has 0 unspecified atom stereocenters. The monoisotopic (exact) mass is 264 g/mol. The number of nitrogens with two attached hydrogens (primary N) is 1. The number of hydrogen-bond acceptors (Lipinski definition) is 4. The quantitative estimate of drug-likeness (QED) is 0.832. The molecule has 0 bridgehead atoms. The summed E-state index contributed by atoms with van der Waals surface area (Å²) in [6, 6.07) is 6.38. The molecule has 18 heavy (non-hydrogen) atoms. The molecule has 1 fully saturated rings. The van der Waals surface area contributed by atoms with E-state index < -0.39 is 0 Å². The molecular formula is C13H20N4S. The normalized spacial score (nSPS) is 17.7. The van der Waals surface area contributed by atoms with Crippen molar-refractivity contribution in [3.63, 3.8) is 0 Å². The molecule has 0 amide bonds. The molecule has 1 aliphatic rings. The van der Waals surface area contributed by atoms with Crippen LogP contribution in [0, 0.1) is 0 Å². The predicted molar refractivity (Wildman–Crippen MR) is 79.0 cm³/mol. The maximum atomic E-state index is 5.62. The zero-order valence-electron chi connectivity index (χ0n) is 11.0. The second kappa shape index (κ2) is 5.63. The van der Waals surface area contributed by atoms with E-state index in [0.717, 1.165) is 18.9 Å². The summed E-state index contributed by atoms with van der Waals surface area (Å²) in [6.07, 6.45) is 2.35. The van der Waals surface area contributed by atoms with Crippen molar-refractivity contribution in [2.75, 3.05) is 32.1 Å². The fourth-order valence-electron chi connectivity index (χ4n) is 2.33. The van der Waals surface area contributed by atoms with Gasteiger partial charge in [0.25, 0.3) is 0 Å². The Labute approximate surface area is 114 Å². The molecule has 0 aliphatic carbocycles. The van der Waals surface area contributed by atoms with E-state index >= 15 is 0 Å². The molecular weight excluding hydrogens is 244 g/mol. The van der Waals surface area contributed by atoms with E-state index in [1.54, 1.807) is 0 Å². The predicted octanol–water partition coefficient (Wildman–Crippen LogP) is 1.25. The highest BCUT2D eigenvalue weighted by Crippen LogP contribution is 2.20. The first-order valence-electron chi connectivity index (χ1n) is 6.26. The lowest BCUT2D eigenvalue weighted by molar-refractivity contribution is 0.252. The molecule has 0 atom stereocenters. The second-order valence-electron chi connectivity index (χ2n) is 4.89. The Kier molecular flexibility index (Phi) is 4.14. The number of likely N-dealkylation sites (tertiary alicyclic amines) is 1. The smallest absolute Gasteiger partial charge is 0.129 e. The highest BCUT2D eigenvalue weighted by atomic mass is 32.1. The van der Waals surface area contributed by atoms with Gasteiger partial charge in [-0.1, -0.05) is 18.3 Å². The standard InChI is InChI=1S/C13H20N4S/c1-16-8-6-10(7-9-16)17(2)12-5-3-4-11(15-12)13(14)18/h3-5,10H,6-9H2,1-2H3,(H2,14,18). The first kappa shape index (κ1) is 13.2. The van der Waals surface area contributed by atoms with Gasteiger partial charge in [-0.3, -0.25) is 0 Å². The number of thiocarbonyl (C=S) groups is 1. The minimum Gasteiger partial charge on any atom is -0.388 e. The highest BCUT2D eigenvalue weighted by molar-refractivity contribution is 7.80. The molecule has 2 heterocycles. The summed E-state index contributed by atoms with van der Waals surface area (Å²) < 4.78 is 0. The van der Waals surface area contributed by atoms with Crippen molar-refractivity contribution >= 4 is 23.0 Å². The Morgan fingerprint density at radius 1 is 1.44 bits per heavy atom. The van der Waals surface area contributed by atoms with E-state index in [9.17, 15) is 0 Å². The molecule has 98 valence electrons. The fraction of sp³-hybridized carbons (Fsp3) is 0.538. The van der Waals surface area contributed by atoms with Crippen molar-refractivity contribution in [3.8, 4) is 0 Å². The van der Waals surface area contributed by atoms with Crippen molar-refractivity contribution in [1.82, 2.24) is 9.88 Å². The van der Waals surface area contributed by atoms with Crippen LogP contribution in [-0.2, 0) is 0 Å². The van der Waals surface area contributed by atoms with Gasteiger partial charge in [-0.15, -0.1) is 0 Å². The molecule has 1 aromatic heterocycles. The molecule has 1 saturated heterocycles. The van der Waals surface area contributed by atoms with E-state index in [2.05, 4.69) is 28.9 Å². The van der Waals surface area contributed by atoms with Crippen LogP contribution in [0.4, 0.5) is 5.82 Å². The topological polar surface area (TPSA) is 45.4 Å². The molecule has 5 heteroatoms. The number of hydrogen-bond donors (Lipinski definition) is 1. The van der Waals surface area contributed by atoms with Crippen LogP contribution in [0.2, 0.25) is 0 Å². The van der Waals surface area contributed by atoms with Gasteiger partial charge in [0.05, 0.1) is 5.69 Å². The molecule has 0 saturated carbocycles. The van der Waals surface area contributed by atoms with Crippen LogP contribution in [0.15, 0.2) is 18.2 Å². The maximum Gasteiger partial charge on any atom is 0.129 e. The van der Waals surface area contributed by atoms with Crippen molar-refractivity contribution in [2.45, 2.75) is 18.9 Å². The van der Waals surface area contributed by atoms with Crippen LogP contribution in [0.5, 0.6) is 0 Å². The highest BCUT2D eigenvalue weighted by Gasteiger charge is 2.21. The molecule has 0 spiro atoms. The van der Waals surface area contributed by atoms with E-state index in [1.807, 2.05) is 18.2 Å². The molecule has 0 aromatic carbocycles. The fourth-order valence-corrected chi connectivity index (χ4v) is 2.44. The van der Waals surface area contributed by atoms with Gasteiger partial charge in [0.2, 0.25) is 0 Å². The first-order chi connectivity index (χ1) is 8.58. The van der Waals surface area contributed by atoms with Gasteiger partial charge >= 0.3 is 0 Å². The Morgan fingerprint density at radius 2 is 2.11 bits per heavy atom. The van der Waals surface area contributed by atoms with E-state index in [4.69, 9.17) is 18.0 Å². The van der Waals surface area contributed by atoms with Gasteiger partial charge in [-0.2, -0.15) is 0 Å². The van der Waals surface area contributed by atoms with E-state index in [-0.39, 0.29) is 0 Å². The van der Waals surface area contributed by atoms with Gasteiger partial charge in [0.15, 0.2) is 0 Å². The Bertz CT molecular complexity index is 427. The lowest BCUT2D eigenvalue weighted by Crippen LogP contribution is -2.42. The minimum atomic E-state index is 0.355. The zero-order valence-corrected chi connectivity index (χ0v) is 11.8. The first-order valence-corrected chi connectivity index (χ1v) is 6.67. The van der Waals surface area contributed by atoms with Crippen molar-refractivity contribution in [1.29, 1.82) is 0 Å². The molecule has 4 nitrogen and oxygen atoms in total. The Hall–Kier alpha value is -1.20. The van der Waals surface area contributed by atoms with Gasteiger partial charge < -0.3 is 15.5 Å². The number of anilines is 1. The van der Waals surface area contributed by atoms with Crippen LogP contribution < -0.4 is 10.6 Å². The average molecular weight is 264 g/mol. The maximum absolute atomic E-state index is 5.62. The third kappa shape index (κ3) is 2.97. The minimum absolute atomic E-state index is 0.355. The third-order valence-electron chi connectivity index (χ3n) is 3.58. The summed E-state index contributed by atoms with van der Waals surface area (Å²) in [5.41, 5.74) is 6.32. The number of nitrogens with zero attached hydrogens (tertiary/aromatic N) is 3. The molecule has 2 rings (SSSR count). The van der Waals surface area contributed by atoms with Crippen LogP contribution in [-0.4, -0.2) is 48.1 Å². The summed E-state index contributed by atoms with van der Waals surface area (Å²) in [5.74, 6) is 0.954. The van der Waals surface area contributed by atoms with Crippen LogP contribution >= 0.6 is 12.2 Å². The van der Waals surface area contributed by atoms with Crippen molar-refractivity contribution in [3.05, 3.63) is 23.9 Å². The van der Waals surface area contributed by atoms with Gasteiger partial charge in [0, 0.05) is 13.1 Å². The zero-order chi connectivity index (χ0) is 13.1. The molecule has 0 radical (unpaired) electrons. The SMILES string of the molecule is CN1CCC(N(C)c2cccc(C(N)=S)n2)CC1. The lowest BCUT2D eigenvalue weighted by atomic mass is 10.0. The summed E-state index contributed by atoms with van der Waals surface area (Å²) >= 11 is 4.97. The third-order valence-corrected chi connectivity index (χ3v) is 3.79. The average Bonchev–Trinajstić information content (AvgIpc) is 2.39. The van der Waals surface area contributed by atoms with Gasteiger partial charge in [-0.25, -0.2) is 4.98 Å². The number of aromatic nitrogens is 1. The van der Waals surface area contributed by atoms with Crippen LogP contribution in [0.1, 0.15) is 18.5 Å². The summed E-state index contributed by atoms with van der Waals surface area (Å²) in [7, 11) is 4.27. The number of rotatable bonds is 3. The molecule has 1 aliphatic heterocycles. The second-order valence-corrected chi connectivity index (χ2v) is 5.33. The summed E-state index contributed by atoms with van der Waals surface area (Å²) in [5, 5.41) is 0. The molecule has 1 aromatic rings. The largest absolute Gasteiger partial charge is 0.388 e. The van der Waals surface area contributed by atoms with Gasteiger partial charge in [0.1, 0.15) is 10.8 Å². The van der Waals surface area contributed by atoms with Crippen molar-refractivity contribution < 1.29 is 0 Å². The lowest BCUT2D eigenvalue weighted by Gasteiger charge is -2.35. The summed E-state index contributed by atoms with van der Waals surface area (Å²) in [4.78, 5) is 9.48. The van der Waals surface area contributed by atoms with Crippen LogP contribution in [0.3, 0.4) is 0 Å². The number of piperidine rings is 1. The van der Waals surface area contributed by atoms with Crippen molar-refractivity contribution in [2.24, 2.45) is 5.73 Å². The van der Waals surface area contributed by atoms with E-state index in [0.29, 0.717) is 16.7 Å². The number of pyridine rings is 1. The Morgan fingerprint density at radius 3 is 2.72 bits per heavy atom. The Balaban J connectivity index is 2.10. The van der Waals surface area contributed by atoms with Crippen LogP contribution in [0.25, 0.3) is 0 Å².